The Morgan fingerprint density at radius 1 is 1.04 bits per heavy atom. The zero-order valence-electron chi connectivity index (χ0n) is 15.7. The number of methoxy groups -OCH3 is 1. The van der Waals surface area contributed by atoms with E-state index in [1.165, 1.54) is 0 Å². The standard InChI is InChI=1S/C19H22O5.C2H6/c1-21-16-7-5-14(6-8-16)13-24-17-4-2-3-15(9-10-20)18(17)19-22-11-12-23-19;1-2/h2-8,19-20H,9-13H2,1H3;1-2H3. The summed E-state index contributed by atoms with van der Waals surface area (Å²) in [5.74, 6) is 1.54. The van der Waals surface area contributed by atoms with Crippen molar-refractivity contribution in [1.29, 1.82) is 0 Å². The molecule has 26 heavy (non-hydrogen) atoms. The van der Waals surface area contributed by atoms with Crippen molar-refractivity contribution < 1.29 is 24.1 Å². The molecular weight excluding hydrogens is 332 g/mol. The highest BCUT2D eigenvalue weighted by molar-refractivity contribution is 5.42. The molecule has 1 N–H and O–H groups in total. The van der Waals surface area contributed by atoms with Crippen molar-refractivity contribution >= 4 is 0 Å². The van der Waals surface area contributed by atoms with Crippen LogP contribution in [0.15, 0.2) is 42.5 Å². The van der Waals surface area contributed by atoms with Crippen molar-refractivity contribution in [3.63, 3.8) is 0 Å². The normalized spacial score (nSPS) is 13.8. The average Bonchev–Trinajstić information content (AvgIpc) is 3.23. The van der Waals surface area contributed by atoms with Gasteiger partial charge in [-0.15, -0.1) is 0 Å². The summed E-state index contributed by atoms with van der Waals surface area (Å²) >= 11 is 0. The van der Waals surface area contributed by atoms with E-state index in [1.54, 1.807) is 7.11 Å². The summed E-state index contributed by atoms with van der Waals surface area (Å²) in [4.78, 5) is 0. The minimum Gasteiger partial charge on any atom is -0.497 e. The molecule has 1 heterocycles. The molecule has 2 aromatic rings. The molecule has 1 fully saturated rings. The quantitative estimate of drug-likeness (QED) is 0.812. The Kier molecular flexibility index (Phi) is 8.41. The van der Waals surface area contributed by atoms with Crippen LogP contribution in [0.1, 0.15) is 36.8 Å². The maximum atomic E-state index is 9.30. The van der Waals surface area contributed by atoms with Crippen LogP contribution in [0.4, 0.5) is 0 Å². The van der Waals surface area contributed by atoms with Gasteiger partial charge in [0.2, 0.25) is 0 Å². The van der Waals surface area contributed by atoms with E-state index >= 15 is 0 Å². The van der Waals surface area contributed by atoms with Gasteiger partial charge >= 0.3 is 0 Å². The molecule has 0 aromatic heterocycles. The fourth-order valence-electron chi connectivity index (χ4n) is 2.73. The van der Waals surface area contributed by atoms with Gasteiger partial charge in [0.15, 0.2) is 6.29 Å². The van der Waals surface area contributed by atoms with Gasteiger partial charge < -0.3 is 24.1 Å². The summed E-state index contributed by atoms with van der Waals surface area (Å²) in [6.07, 6.45) is 0.108. The topological polar surface area (TPSA) is 57.2 Å². The van der Waals surface area contributed by atoms with Crippen LogP contribution in [-0.2, 0) is 22.5 Å². The maximum absolute atomic E-state index is 9.30. The van der Waals surface area contributed by atoms with Crippen molar-refractivity contribution in [2.75, 3.05) is 26.9 Å². The lowest BCUT2D eigenvalue weighted by atomic mass is 10.0. The number of rotatable bonds is 7. The van der Waals surface area contributed by atoms with Crippen LogP contribution in [0.25, 0.3) is 0 Å². The second-order valence-electron chi connectivity index (χ2n) is 5.51. The SMILES string of the molecule is CC.COc1ccc(COc2cccc(CCO)c2C2OCCO2)cc1. The summed E-state index contributed by atoms with van der Waals surface area (Å²) in [7, 11) is 1.64. The van der Waals surface area contributed by atoms with Gasteiger partial charge in [-0.1, -0.05) is 38.1 Å². The summed E-state index contributed by atoms with van der Waals surface area (Å²) in [6, 6.07) is 13.6. The number of aliphatic hydroxyl groups excluding tert-OH is 1. The van der Waals surface area contributed by atoms with E-state index in [9.17, 15) is 5.11 Å². The van der Waals surface area contributed by atoms with Crippen molar-refractivity contribution in [3.8, 4) is 11.5 Å². The number of aliphatic hydroxyl groups is 1. The molecule has 0 atom stereocenters. The van der Waals surface area contributed by atoms with Gasteiger partial charge in [0, 0.05) is 6.61 Å². The van der Waals surface area contributed by atoms with Crippen LogP contribution >= 0.6 is 0 Å². The molecule has 1 aliphatic heterocycles. The molecule has 0 amide bonds. The van der Waals surface area contributed by atoms with Crippen molar-refractivity contribution in [3.05, 3.63) is 59.2 Å². The van der Waals surface area contributed by atoms with Crippen LogP contribution < -0.4 is 9.47 Å². The predicted molar refractivity (Wildman–Crippen MR) is 101 cm³/mol. The molecule has 2 aromatic carbocycles. The van der Waals surface area contributed by atoms with E-state index in [4.69, 9.17) is 18.9 Å². The molecule has 5 heteroatoms. The first-order valence-corrected chi connectivity index (χ1v) is 9.03. The van der Waals surface area contributed by atoms with Crippen LogP contribution in [-0.4, -0.2) is 32.0 Å². The molecule has 0 unspecified atom stereocenters. The molecular formula is C21H28O5. The summed E-state index contributed by atoms with van der Waals surface area (Å²) in [5.41, 5.74) is 2.90. The molecule has 0 spiro atoms. The summed E-state index contributed by atoms with van der Waals surface area (Å²) in [6.45, 7) is 5.64. The minimum atomic E-state index is -0.432. The Labute approximate surface area is 155 Å². The molecule has 1 aliphatic rings. The lowest BCUT2D eigenvalue weighted by molar-refractivity contribution is -0.0465. The molecule has 0 bridgehead atoms. The van der Waals surface area contributed by atoms with Crippen molar-refractivity contribution in [2.45, 2.75) is 33.2 Å². The zero-order chi connectivity index (χ0) is 18.8. The Bertz CT molecular complexity index is 648. The van der Waals surface area contributed by atoms with Gasteiger partial charge in [-0.3, -0.25) is 0 Å². The van der Waals surface area contributed by atoms with Gasteiger partial charge in [-0.05, 0) is 35.7 Å². The fourth-order valence-corrected chi connectivity index (χ4v) is 2.73. The molecule has 1 saturated heterocycles. The fraction of sp³-hybridized carbons (Fsp3) is 0.429. The molecule has 0 saturated carbocycles. The Morgan fingerprint density at radius 3 is 2.35 bits per heavy atom. The van der Waals surface area contributed by atoms with Crippen LogP contribution in [0, 0.1) is 0 Å². The van der Waals surface area contributed by atoms with E-state index in [1.807, 2.05) is 56.3 Å². The monoisotopic (exact) mass is 360 g/mol. The Balaban J connectivity index is 0.00000117. The third-order valence-electron chi connectivity index (χ3n) is 3.95. The molecule has 5 nitrogen and oxygen atoms in total. The number of hydrogen-bond donors (Lipinski definition) is 1. The van der Waals surface area contributed by atoms with Crippen molar-refractivity contribution in [2.24, 2.45) is 0 Å². The van der Waals surface area contributed by atoms with Gasteiger partial charge in [0.05, 0.1) is 25.9 Å². The second kappa shape index (κ2) is 10.8. The predicted octanol–water partition coefficient (Wildman–Crippen LogP) is 3.88. The van der Waals surface area contributed by atoms with E-state index in [-0.39, 0.29) is 6.61 Å². The molecule has 0 aliphatic carbocycles. The summed E-state index contributed by atoms with van der Waals surface area (Å²) < 4.78 is 22.5. The Hall–Kier alpha value is -2.08. The zero-order valence-corrected chi connectivity index (χ0v) is 15.7. The number of benzene rings is 2. The third-order valence-corrected chi connectivity index (χ3v) is 3.95. The minimum absolute atomic E-state index is 0.0711. The van der Waals surface area contributed by atoms with E-state index < -0.39 is 6.29 Å². The van der Waals surface area contributed by atoms with Gasteiger partial charge in [0.1, 0.15) is 18.1 Å². The summed E-state index contributed by atoms with van der Waals surface area (Å²) in [5, 5.41) is 9.30. The van der Waals surface area contributed by atoms with Gasteiger partial charge in [-0.25, -0.2) is 0 Å². The average molecular weight is 360 g/mol. The smallest absolute Gasteiger partial charge is 0.187 e. The largest absolute Gasteiger partial charge is 0.497 e. The van der Waals surface area contributed by atoms with E-state index in [0.29, 0.717) is 26.2 Å². The lowest BCUT2D eigenvalue weighted by Gasteiger charge is -2.19. The lowest BCUT2D eigenvalue weighted by Crippen LogP contribution is -2.08. The highest BCUT2D eigenvalue weighted by atomic mass is 16.7. The highest BCUT2D eigenvalue weighted by Crippen LogP contribution is 2.35. The van der Waals surface area contributed by atoms with Crippen LogP contribution in [0.5, 0.6) is 11.5 Å². The molecule has 142 valence electrons. The number of hydrogen-bond acceptors (Lipinski definition) is 5. The van der Waals surface area contributed by atoms with Gasteiger partial charge in [0.25, 0.3) is 0 Å². The first-order valence-electron chi connectivity index (χ1n) is 9.03. The van der Waals surface area contributed by atoms with Crippen LogP contribution in [0.3, 0.4) is 0 Å². The Morgan fingerprint density at radius 2 is 1.73 bits per heavy atom. The van der Waals surface area contributed by atoms with E-state index in [2.05, 4.69) is 0 Å². The third kappa shape index (κ3) is 5.21. The first kappa shape index (κ1) is 20.2. The molecule has 0 radical (unpaired) electrons. The first-order chi connectivity index (χ1) is 12.8. The van der Waals surface area contributed by atoms with E-state index in [0.717, 1.165) is 28.2 Å². The van der Waals surface area contributed by atoms with Crippen LogP contribution in [0.2, 0.25) is 0 Å². The molecule has 3 rings (SSSR count). The highest BCUT2D eigenvalue weighted by Gasteiger charge is 2.25. The number of ether oxygens (including phenoxy) is 4. The van der Waals surface area contributed by atoms with Gasteiger partial charge in [-0.2, -0.15) is 0 Å². The van der Waals surface area contributed by atoms with Crippen molar-refractivity contribution in [1.82, 2.24) is 0 Å². The maximum Gasteiger partial charge on any atom is 0.187 e. The second-order valence-corrected chi connectivity index (χ2v) is 5.51.